The standard InChI is InChI=1S/C12H15F3N2O/c1-2-3-7(6-16)12(18)17-10-5-8(13)4-9(14)11(10)15/h4-5,7H,2-3,6,16H2,1H3,(H,17,18). The molecule has 0 bridgehead atoms. The molecule has 0 aliphatic heterocycles. The first-order chi connectivity index (χ1) is 8.49. The number of benzene rings is 1. The van der Waals surface area contributed by atoms with Crippen LogP contribution in [-0.2, 0) is 4.79 Å². The van der Waals surface area contributed by atoms with Crippen LogP contribution in [0.2, 0.25) is 0 Å². The van der Waals surface area contributed by atoms with Gasteiger partial charge >= 0.3 is 0 Å². The topological polar surface area (TPSA) is 55.1 Å². The Balaban J connectivity index is 2.87. The van der Waals surface area contributed by atoms with Crippen molar-refractivity contribution in [3.63, 3.8) is 0 Å². The van der Waals surface area contributed by atoms with E-state index in [0.29, 0.717) is 12.5 Å². The summed E-state index contributed by atoms with van der Waals surface area (Å²) in [4.78, 5) is 11.7. The zero-order valence-electron chi connectivity index (χ0n) is 9.97. The zero-order chi connectivity index (χ0) is 13.7. The molecule has 100 valence electrons. The van der Waals surface area contributed by atoms with Gasteiger partial charge in [0.05, 0.1) is 11.6 Å². The van der Waals surface area contributed by atoms with Crippen LogP contribution < -0.4 is 11.1 Å². The maximum Gasteiger partial charge on any atom is 0.228 e. The van der Waals surface area contributed by atoms with E-state index >= 15 is 0 Å². The van der Waals surface area contributed by atoms with E-state index in [1.54, 1.807) is 0 Å². The van der Waals surface area contributed by atoms with E-state index in [1.807, 2.05) is 6.92 Å². The van der Waals surface area contributed by atoms with E-state index in [1.165, 1.54) is 0 Å². The first kappa shape index (κ1) is 14.5. The second-order valence-corrected chi connectivity index (χ2v) is 3.96. The molecule has 18 heavy (non-hydrogen) atoms. The summed E-state index contributed by atoms with van der Waals surface area (Å²) in [5.74, 6) is -4.62. The molecule has 1 aromatic carbocycles. The Labute approximate surface area is 103 Å². The van der Waals surface area contributed by atoms with Crippen molar-refractivity contribution in [1.82, 2.24) is 0 Å². The molecule has 3 N–H and O–H groups in total. The van der Waals surface area contributed by atoms with Crippen molar-refractivity contribution in [2.45, 2.75) is 19.8 Å². The second kappa shape index (κ2) is 6.39. The Morgan fingerprint density at radius 1 is 1.39 bits per heavy atom. The minimum absolute atomic E-state index is 0.0963. The van der Waals surface area contributed by atoms with Crippen molar-refractivity contribution < 1.29 is 18.0 Å². The molecule has 0 aromatic heterocycles. The summed E-state index contributed by atoms with van der Waals surface area (Å²) in [6, 6.07) is 1.15. The number of hydrogen-bond acceptors (Lipinski definition) is 2. The number of carbonyl (C=O) groups is 1. The highest BCUT2D eigenvalue weighted by Crippen LogP contribution is 2.20. The monoisotopic (exact) mass is 260 g/mol. The van der Waals surface area contributed by atoms with E-state index in [-0.39, 0.29) is 6.54 Å². The van der Waals surface area contributed by atoms with Gasteiger partial charge < -0.3 is 11.1 Å². The van der Waals surface area contributed by atoms with Gasteiger partial charge in [0, 0.05) is 18.7 Å². The fourth-order valence-electron chi connectivity index (χ4n) is 1.59. The van der Waals surface area contributed by atoms with Crippen LogP contribution in [-0.4, -0.2) is 12.5 Å². The molecular formula is C12H15F3N2O. The summed E-state index contributed by atoms with van der Waals surface area (Å²) in [5.41, 5.74) is 4.90. The van der Waals surface area contributed by atoms with E-state index in [2.05, 4.69) is 5.32 Å². The smallest absolute Gasteiger partial charge is 0.228 e. The highest BCUT2D eigenvalue weighted by atomic mass is 19.2. The Hall–Kier alpha value is -1.56. The van der Waals surface area contributed by atoms with E-state index in [9.17, 15) is 18.0 Å². The number of hydrogen-bond donors (Lipinski definition) is 2. The van der Waals surface area contributed by atoms with E-state index in [4.69, 9.17) is 5.73 Å². The van der Waals surface area contributed by atoms with Gasteiger partial charge in [-0.05, 0) is 6.42 Å². The summed E-state index contributed by atoms with van der Waals surface area (Å²) in [5, 5.41) is 2.15. The Morgan fingerprint density at radius 3 is 2.61 bits per heavy atom. The van der Waals surface area contributed by atoms with Crippen LogP contribution in [0.15, 0.2) is 12.1 Å². The molecular weight excluding hydrogens is 245 g/mol. The number of rotatable bonds is 5. The van der Waals surface area contributed by atoms with Gasteiger partial charge in [-0.3, -0.25) is 4.79 Å². The molecule has 0 heterocycles. The minimum Gasteiger partial charge on any atom is -0.330 e. The fraction of sp³-hybridized carbons (Fsp3) is 0.417. The Kier molecular flexibility index (Phi) is 5.15. The quantitative estimate of drug-likeness (QED) is 0.799. The molecule has 0 saturated heterocycles. The normalized spacial score (nSPS) is 12.3. The van der Waals surface area contributed by atoms with Crippen molar-refractivity contribution in [3.8, 4) is 0 Å². The molecule has 0 aliphatic carbocycles. The van der Waals surface area contributed by atoms with Crippen molar-refractivity contribution in [2.75, 3.05) is 11.9 Å². The lowest BCUT2D eigenvalue weighted by Crippen LogP contribution is -2.29. The van der Waals surface area contributed by atoms with Crippen molar-refractivity contribution in [1.29, 1.82) is 0 Å². The molecule has 1 rings (SSSR count). The highest BCUT2D eigenvalue weighted by molar-refractivity contribution is 5.92. The Bertz CT molecular complexity index is 438. The van der Waals surface area contributed by atoms with Gasteiger partial charge in [0.15, 0.2) is 11.6 Å². The molecule has 0 radical (unpaired) electrons. The first-order valence-corrected chi connectivity index (χ1v) is 5.65. The molecule has 1 aromatic rings. The number of amides is 1. The largest absolute Gasteiger partial charge is 0.330 e. The van der Waals surface area contributed by atoms with E-state index < -0.39 is 35.0 Å². The summed E-state index contributed by atoms with van der Waals surface area (Å²) < 4.78 is 39.1. The lowest BCUT2D eigenvalue weighted by molar-refractivity contribution is -0.119. The predicted octanol–water partition coefficient (Wildman–Crippen LogP) is 2.42. The molecule has 0 spiro atoms. The number of nitrogens with two attached hydrogens (primary N) is 1. The summed E-state index contributed by atoms with van der Waals surface area (Å²) in [7, 11) is 0. The van der Waals surface area contributed by atoms with Crippen LogP contribution in [0, 0.1) is 23.4 Å². The average Bonchev–Trinajstić information content (AvgIpc) is 2.32. The van der Waals surface area contributed by atoms with E-state index in [0.717, 1.165) is 12.5 Å². The predicted molar refractivity (Wildman–Crippen MR) is 62.4 cm³/mol. The number of anilines is 1. The summed E-state index contributed by atoms with van der Waals surface area (Å²) in [6.45, 7) is 1.97. The van der Waals surface area contributed by atoms with Gasteiger partial charge in [0.25, 0.3) is 0 Å². The van der Waals surface area contributed by atoms with Crippen LogP contribution in [0.4, 0.5) is 18.9 Å². The van der Waals surface area contributed by atoms with Crippen molar-refractivity contribution in [2.24, 2.45) is 11.7 Å². The third-order valence-electron chi connectivity index (χ3n) is 2.54. The molecule has 1 atom stereocenters. The van der Waals surface area contributed by atoms with Crippen molar-refractivity contribution >= 4 is 11.6 Å². The lowest BCUT2D eigenvalue weighted by Gasteiger charge is -2.14. The van der Waals surface area contributed by atoms with Crippen LogP contribution in [0.1, 0.15) is 19.8 Å². The van der Waals surface area contributed by atoms with Crippen LogP contribution in [0.3, 0.4) is 0 Å². The molecule has 0 aliphatic rings. The van der Waals surface area contributed by atoms with Gasteiger partial charge in [-0.25, -0.2) is 13.2 Å². The Morgan fingerprint density at radius 2 is 2.06 bits per heavy atom. The molecule has 1 unspecified atom stereocenters. The molecule has 3 nitrogen and oxygen atoms in total. The number of carbonyl (C=O) groups excluding carboxylic acids is 1. The fourth-order valence-corrected chi connectivity index (χ4v) is 1.59. The molecule has 0 fully saturated rings. The zero-order valence-corrected chi connectivity index (χ0v) is 9.97. The maximum absolute atomic E-state index is 13.3. The lowest BCUT2D eigenvalue weighted by atomic mass is 10.0. The number of halogens is 3. The first-order valence-electron chi connectivity index (χ1n) is 5.65. The van der Waals surface area contributed by atoms with Crippen LogP contribution in [0.5, 0.6) is 0 Å². The highest BCUT2D eigenvalue weighted by Gasteiger charge is 2.19. The number of nitrogens with one attached hydrogen (secondary N) is 1. The van der Waals surface area contributed by atoms with Crippen LogP contribution in [0.25, 0.3) is 0 Å². The average molecular weight is 260 g/mol. The van der Waals surface area contributed by atoms with Gasteiger partial charge in [0.2, 0.25) is 5.91 Å². The van der Waals surface area contributed by atoms with Gasteiger partial charge in [-0.2, -0.15) is 0 Å². The SMILES string of the molecule is CCCC(CN)C(=O)Nc1cc(F)cc(F)c1F. The molecule has 1 amide bonds. The van der Waals surface area contributed by atoms with Crippen LogP contribution >= 0.6 is 0 Å². The summed E-state index contributed by atoms with van der Waals surface area (Å²) >= 11 is 0. The minimum atomic E-state index is -1.34. The van der Waals surface area contributed by atoms with Gasteiger partial charge in [-0.1, -0.05) is 13.3 Å². The van der Waals surface area contributed by atoms with Gasteiger partial charge in [0.1, 0.15) is 5.82 Å². The second-order valence-electron chi connectivity index (χ2n) is 3.96. The van der Waals surface area contributed by atoms with Crippen molar-refractivity contribution in [3.05, 3.63) is 29.6 Å². The maximum atomic E-state index is 13.3. The molecule has 6 heteroatoms. The third kappa shape index (κ3) is 3.46. The summed E-state index contributed by atoms with van der Waals surface area (Å²) in [6.07, 6.45) is 1.26. The van der Waals surface area contributed by atoms with Gasteiger partial charge in [-0.15, -0.1) is 0 Å². The molecule has 0 saturated carbocycles. The third-order valence-corrected chi connectivity index (χ3v) is 2.54.